The summed E-state index contributed by atoms with van der Waals surface area (Å²) in [5, 5.41) is 1.55. The first-order valence-corrected chi connectivity index (χ1v) is 3.96. The van der Waals surface area contributed by atoms with Gasteiger partial charge in [-0.3, -0.25) is 0 Å². The van der Waals surface area contributed by atoms with Crippen LogP contribution in [0.2, 0.25) is 5.31 Å². The Bertz CT molecular complexity index is 186. The van der Waals surface area contributed by atoms with Crippen molar-refractivity contribution in [2.75, 3.05) is 13.1 Å². The first kappa shape index (κ1) is 11.5. The summed E-state index contributed by atoms with van der Waals surface area (Å²) in [7, 11) is 0. The maximum Gasteiger partial charge on any atom is 1.00 e. The van der Waals surface area contributed by atoms with E-state index in [1.165, 1.54) is 0 Å². The molecular formula is C6H10BF3KN. The molecule has 1 N–H and O–H groups in total. The molecule has 1 aliphatic carbocycles. The summed E-state index contributed by atoms with van der Waals surface area (Å²) in [6.07, 6.45) is 1.09. The van der Waals surface area contributed by atoms with Crippen LogP contribution >= 0.6 is 0 Å². The zero-order valence-electron chi connectivity index (χ0n) is 7.12. The molecule has 0 aromatic rings. The molecule has 64 valence electrons. The average Bonchev–Trinajstić information content (AvgIpc) is 2.59. The van der Waals surface area contributed by atoms with Gasteiger partial charge in [-0.15, -0.1) is 0 Å². The molecule has 2 aliphatic rings. The van der Waals surface area contributed by atoms with Gasteiger partial charge in [0.15, 0.2) is 0 Å². The van der Waals surface area contributed by atoms with E-state index in [9.17, 15) is 12.9 Å². The van der Waals surface area contributed by atoms with E-state index in [-0.39, 0.29) is 63.8 Å². The van der Waals surface area contributed by atoms with E-state index in [2.05, 4.69) is 5.32 Å². The van der Waals surface area contributed by atoms with Gasteiger partial charge in [0.1, 0.15) is 0 Å². The molecule has 2 unspecified atom stereocenters. The Morgan fingerprint density at radius 2 is 2.00 bits per heavy atom. The van der Waals surface area contributed by atoms with Gasteiger partial charge in [-0.1, -0.05) is 12.3 Å². The second kappa shape index (κ2) is 3.55. The monoisotopic (exact) mass is 203 g/mol. The number of piperidine rings is 1. The van der Waals surface area contributed by atoms with Gasteiger partial charge in [0.25, 0.3) is 0 Å². The first-order chi connectivity index (χ1) is 5.06. The summed E-state index contributed by atoms with van der Waals surface area (Å²) in [5.74, 6) is -0.0521. The van der Waals surface area contributed by atoms with E-state index in [0.717, 1.165) is 6.54 Å². The molecule has 0 spiro atoms. The SMILES string of the molecule is F[B-](F)(F)C12CNCCC1C2.[K+]. The van der Waals surface area contributed by atoms with E-state index < -0.39 is 12.3 Å². The number of hydrogen-bond donors (Lipinski definition) is 1. The zero-order valence-corrected chi connectivity index (χ0v) is 10.2. The largest absolute Gasteiger partial charge is 1.00 e. The summed E-state index contributed by atoms with van der Waals surface area (Å²) in [6, 6.07) is 0. The minimum absolute atomic E-state index is 0. The molecule has 0 amide bonds. The third-order valence-corrected chi connectivity index (χ3v) is 3.05. The summed E-state index contributed by atoms with van der Waals surface area (Å²) >= 11 is 0. The van der Waals surface area contributed by atoms with Crippen LogP contribution in [0.1, 0.15) is 12.8 Å². The molecule has 2 fully saturated rings. The van der Waals surface area contributed by atoms with Gasteiger partial charge in [-0.05, 0) is 24.8 Å². The number of rotatable bonds is 1. The molecule has 2 rings (SSSR count). The van der Waals surface area contributed by atoms with Crippen LogP contribution in [0.15, 0.2) is 0 Å². The number of halogens is 3. The maximum absolute atomic E-state index is 12.4. The minimum atomic E-state index is -4.61. The molecule has 1 aliphatic heterocycles. The molecule has 0 bridgehead atoms. The Balaban J connectivity index is 0.000000720. The predicted molar refractivity (Wildman–Crippen MR) is 37.4 cm³/mol. The second-order valence-corrected chi connectivity index (χ2v) is 3.67. The molecule has 1 saturated heterocycles. The third-order valence-electron chi connectivity index (χ3n) is 3.05. The Morgan fingerprint density at radius 1 is 1.33 bits per heavy atom. The van der Waals surface area contributed by atoms with Crippen LogP contribution < -0.4 is 56.7 Å². The van der Waals surface area contributed by atoms with Crippen molar-refractivity contribution in [3.8, 4) is 0 Å². The van der Waals surface area contributed by atoms with Crippen LogP contribution in [0.5, 0.6) is 0 Å². The molecular weight excluding hydrogens is 193 g/mol. The van der Waals surface area contributed by atoms with Crippen molar-refractivity contribution in [3.63, 3.8) is 0 Å². The van der Waals surface area contributed by atoms with Gasteiger partial charge >= 0.3 is 58.4 Å². The Morgan fingerprint density at radius 3 is 2.42 bits per heavy atom. The van der Waals surface area contributed by atoms with Gasteiger partial charge < -0.3 is 18.3 Å². The maximum atomic E-state index is 12.4. The van der Waals surface area contributed by atoms with Crippen LogP contribution in [0.3, 0.4) is 0 Å². The number of hydrogen-bond acceptors (Lipinski definition) is 1. The summed E-state index contributed by atoms with van der Waals surface area (Å²) in [5.41, 5.74) is 0. The predicted octanol–water partition coefficient (Wildman–Crippen LogP) is -1.41. The van der Waals surface area contributed by atoms with E-state index in [1.54, 1.807) is 0 Å². The molecule has 0 aromatic heterocycles. The van der Waals surface area contributed by atoms with Crippen LogP contribution in [-0.4, -0.2) is 20.1 Å². The van der Waals surface area contributed by atoms with Crippen molar-refractivity contribution in [2.45, 2.75) is 18.2 Å². The standard InChI is InChI=1S/C6H10BF3N.K/c8-7(9,10)6-3-5(6)1-2-11-4-6;/h5,11H,1-4H2;/q-1;+1. The average molecular weight is 203 g/mol. The number of fused-ring (bicyclic) bond motifs is 1. The fraction of sp³-hybridized carbons (Fsp3) is 1.00. The summed E-state index contributed by atoms with van der Waals surface area (Å²) < 4.78 is 37.2. The van der Waals surface area contributed by atoms with E-state index in [4.69, 9.17) is 0 Å². The first-order valence-electron chi connectivity index (χ1n) is 3.96. The van der Waals surface area contributed by atoms with Gasteiger partial charge in [-0.2, -0.15) is 0 Å². The third kappa shape index (κ3) is 1.66. The summed E-state index contributed by atoms with van der Waals surface area (Å²) in [4.78, 5) is 0. The Labute approximate surface area is 112 Å². The van der Waals surface area contributed by atoms with Gasteiger partial charge in [0, 0.05) is 0 Å². The van der Waals surface area contributed by atoms with Gasteiger partial charge in [0.2, 0.25) is 0 Å². The molecule has 1 nitrogen and oxygen atoms in total. The molecule has 12 heavy (non-hydrogen) atoms. The van der Waals surface area contributed by atoms with Crippen LogP contribution in [0, 0.1) is 5.92 Å². The van der Waals surface area contributed by atoms with Gasteiger partial charge in [0.05, 0.1) is 0 Å². The van der Waals surface area contributed by atoms with Crippen molar-refractivity contribution in [3.05, 3.63) is 0 Å². The molecule has 2 atom stereocenters. The Kier molecular flexibility index (Phi) is 3.41. The number of nitrogens with one attached hydrogen (secondary N) is 1. The van der Waals surface area contributed by atoms with Crippen molar-refractivity contribution in [1.29, 1.82) is 0 Å². The van der Waals surface area contributed by atoms with Crippen molar-refractivity contribution >= 4 is 6.98 Å². The van der Waals surface area contributed by atoms with Crippen molar-refractivity contribution < 1.29 is 64.3 Å². The van der Waals surface area contributed by atoms with Crippen LogP contribution in [-0.2, 0) is 0 Å². The second-order valence-electron chi connectivity index (χ2n) is 3.67. The molecule has 0 aromatic carbocycles. The molecule has 6 heteroatoms. The minimum Gasteiger partial charge on any atom is -0.448 e. The summed E-state index contributed by atoms with van der Waals surface area (Å²) in [6.45, 7) is -3.68. The normalized spacial score (nSPS) is 39.8. The van der Waals surface area contributed by atoms with E-state index >= 15 is 0 Å². The van der Waals surface area contributed by atoms with Crippen molar-refractivity contribution in [2.24, 2.45) is 5.92 Å². The van der Waals surface area contributed by atoms with Crippen LogP contribution in [0.25, 0.3) is 0 Å². The zero-order chi connectivity index (χ0) is 8.11. The molecule has 1 saturated carbocycles. The topological polar surface area (TPSA) is 12.0 Å². The van der Waals surface area contributed by atoms with E-state index in [1.807, 2.05) is 0 Å². The quantitative estimate of drug-likeness (QED) is 0.516. The molecule has 1 heterocycles. The fourth-order valence-electron chi connectivity index (χ4n) is 2.12. The fourth-order valence-corrected chi connectivity index (χ4v) is 2.12. The van der Waals surface area contributed by atoms with E-state index in [0.29, 0.717) is 12.8 Å². The van der Waals surface area contributed by atoms with Gasteiger partial charge in [-0.25, -0.2) is 0 Å². The smallest absolute Gasteiger partial charge is 0.448 e. The molecule has 0 radical (unpaired) electrons. The van der Waals surface area contributed by atoms with Crippen LogP contribution in [0.4, 0.5) is 12.9 Å². The van der Waals surface area contributed by atoms with Crippen molar-refractivity contribution in [1.82, 2.24) is 5.32 Å². The Hall–Kier alpha value is 1.45.